The standard InChI is InChI=1S/C27H26N2O4/c1-17(25(30)19-10-4-3-5-11-19)28-26(31)18(2)29-27(32)33-16-24-22-14-8-6-12-20(22)21-13-7-9-15-23(21)24/h3-15,17-18,24H,16H2,1-2H3,(H,28,31)(H,29,32)/t17-,18-/m0/s1. The molecule has 3 aromatic carbocycles. The summed E-state index contributed by atoms with van der Waals surface area (Å²) >= 11 is 0. The highest BCUT2D eigenvalue weighted by Crippen LogP contribution is 2.44. The number of nitrogens with one attached hydrogen (secondary N) is 2. The first-order valence-corrected chi connectivity index (χ1v) is 11.0. The second-order valence-electron chi connectivity index (χ2n) is 8.15. The van der Waals surface area contributed by atoms with Crippen molar-refractivity contribution in [2.24, 2.45) is 0 Å². The summed E-state index contributed by atoms with van der Waals surface area (Å²) in [7, 11) is 0. The number of fused-ring (bicyclic) bond motifs is 3. The lowest BCUT2D eigenvalue weighted by atomic mass is 9.98. The molecule has 4 rings (SSSR count). The Morgan fingerprint density at radius 1 is 0.758 bits per heavy atom. The minimum atomic E-state index is -0.855. The minimum absolute atomic E-state index is 0.0594. The normalized spacial score (nSPS) is 13.9. The molecule has 2 amide bonds. The van der Waals surface area contributed by atoms with Crippen molar-refractivity contribution in [2.45, 2.75) is 31.8 Å². The molecule has 2 atom stereocenters. The van der Waals surface area contributed by atoms with E-state index in [1.165, 1.54) is 0 Å². The maximum atomic E-state index is 12.5. The van der Waals surface area contributed by atoms with Gasteiger partial charge in [0, 0.05) is 11.5 Å². The number of benzene rings is 3. The van der Waals surface area contributed by atoms with Gasteiger partial charge in [0.1, 0.15) is 12.6 Å². The Morgan fingerprint density at radius 2 is 1.30 bits per heavy atom. The first-order valence-electron chi connectivity index (χ1n) is 11.0. The van der Waals surface area contributed by atoms with Gasteiger partial charge in [0.25, 0.3) is 0 Å². The number of ketones is 1. The quantitative estimate of drug-likeness (QED) is 0.535. The Hall–Kier alpha value is -3.93. The molecule has 168 valence electrons. The summed E-state index contributed by atoms with van der Waals surface area (Å²) in [6.07, 6.45) is -0.679. The summed E-state index contributed by atoms with van der Waals surface area (Å²) in [5, 5.41) is 5.20. The van der Waals surface area contributed by atoms with Crippen molar-refractivity contribution in [3.05, 3.63) is 95.6 Å². The van der Waals surface area contributed by atoms with E-state index in [0.717, 1.165) is 22.3 Å². The highest BCUT2D eigenvalue weighted by molar-refractivity contribution is 6.02. The molecular weight excluding hydrogens is 416 g/mol. The fraction of sp³-hybridized carbons (Fsp3) is 0.222. The largest absolute Gasteiger partial charge is 0.449 e. The number of alkyl carbamates (subject to hydrolysis) is 1. The third kappa shape index (κ3) is 4.80. The fourth-order valence-electron chi connectivity index (χ4n) is 4.14. The number of Topliss-reactive ketones (excluding diaryl/α,β-unsaturated/α-hetero) is 1. The average molecular weight is 443 g/mol. The molecule has 2 N–H and O–H groups in total. The number of rotatable bonds is 7. The van der Waals surface area contributed by atoms with Crippen LogP contribution in [0.3, 0.4) is 0 Å². The van der Waals surface area contributed by atoms with Crippen LogP contribution in [0.4, 0.5) is 4.79 Å². The number of hydrogen-bond acceptors (Lipinski definition) is 4. The van der Waals surface area contributed by atoms with Crippen molar-refractivity contribution in [3.8, 4) is 11.1 Å². The maximum Gasteiger partial charge on any atom is 0.407 e. The molecule has 0 unspecified atom stereocenters. The third-order valence-corrected chi connectivity index (χ3v) is 5.88. The number of carbonyl (C=O) groups excluding carboxylic acids is 3. The zero-order chi connectivity index (χ0) is 23.4. The van der Waals surface area contributed by atoms with Gasteiger partial charge in [-0.2, -0.15) is 0 Å². The molecule has 0 radical (unpaired) electrons. The highest BCUT2D eigenvalue weighted by Gasteiger charge is 2.29. The van der Waals surface area contributed by atoms with Gasteiger partial charge in [0.05, 0.1) is 6.04 Å². The summed E-state index contributed by atoms with van der Waals surface area (Å²) in [5.74, 6) is -0.714. The van der Waals surface area contributed by atoms with Crippen LogP contribution in [0.2, 0.25) is 0 Å². The third-order valence-electron chi connectivity index (χ3n) is 5.88. The molecule has 33 heavy (non-hydrogen) atoms. The molecule has 0 spiro atoms. The molecular formula is C27H26N2O4. The molecule has 6 nitrogen and oxygen atoms in total. The molecule has 0 saturated carbocycles. The lowest BCUT2D eigenvalue weighted by Crippen LogP contribution is -2.49. The second kappa shape index (κ2) is 9.69. The first-order chi connectivity index (χ1) is 16.0. The van der Waals surface area contributed by atoms with Crippen LogP contribution in [0, 0.1) is 0 Å². The Morgan fingerprint density at radius 3 is 1.91 bits per heavy atom. The SMILES string of the molecule is C[C@H](NC(=O)OCC1c2ccccc2-c2ccccc21)C(=O)N[C@@H](C)C(=O)c1ccccc1. The van der Waals surface area contributed by atoms with Crippen molar-refractivity contribution in [3.63, 3.8) is 0 Å². The Labute approximate surface area is 193 Å². The van der Waals surface area contributed by atoms with Gasteiger partial charge in [-0.25, -0.2) is 4.79 Å². The van der Waals surface area contributed by atoms with Crippen LogP contribution in [0.1, 0.15) is 41.3 Å². The lowest BCUT2D eigenvalue weighted by molar-refractivity contribution is -0.123. The Balaban J connectivity index is 1.32. The molecule has 0 heterocycles. The average Bonchev–Trinajstić information content (AvgIpc) is 3.16. The van der Waals surface area contributed by atoms with Crippen LogP contribution in [-0.2, 0) is 9.53 Å². The van der Waals surface area contributed by atoms with Crippen molar-refractivity contribution in [1.29, 1.82) is 0 Å². The van der Waals surface area contributed by atoms with E-state index >= 15 is 0 Å². The number of carbonyl (C=O) groups is 3. The Bertz CT molecular complexity index is 1130. The first kappa shape index (κ1) is 22.3. The van der Waals surface area contributed by atoms with Crippen molar-refractivity contribution in [2.75, 3.05) is 6.61 Å². The topological polar surface area (TPSA) is 84.5 Å². The predicted molar refractivity (Wildman–Crippen MR) is 126 cm³/mol. The molecule has 6 heteroatoms. The van der Waals surface area contributed by atoms with E-state index in [4.69, 9.17) is 4.74 Å². The molecule has 3 aromatic rings. The molecule has 1 aliphatic carbocycles. The van der Waals surface area contributed by atoms with Gasteiger partial charge >= 0.3 is 6.09 Å². The molecule has 0 aliphatic heterocycles. The highest BCUT2D eigenvalue weighted by atomic mass is 16.5. The summed E-state index contributed by atoms with van der Waals surface area (Å²) in [6, 6.07) is 23.3. The molecule has 0 bridgehead atoms. The van der Waals surface area contributed by atoms with Crippen LogP contribution in [0.25, 0.3) is 11.1 Å². The van der Waals surface area contributed by atoms with E-state index in [1.54, 1.807) is 38.1 Å². The summed E-state index contributed by atoms with van der Waals surface area (Å²) in [5.41, 5.74) is 5.04. The summed E-state index contributed by atoms with van der Waals surface area (Å²) in [4.78, 5) is 37.3. The maximum absolute atomic E-state index is 12.5. The number of amides is 2. The van der Waals surface area contributed by atoms with E-state index in [0.29, 0.717) is 5.56 Å². The molecule has 0 saturated heterocycles. The fourth-order valence-corrected chi connectivity index (χ4v) is 4.14. The summed E-state index contributed by atoms with van der Waals surface area (Å²) < 4.78 is 5.49. The summed E-state index contributed by atoms with van der Waals surface area (Å²) in [6.45, 7) is 3.33. The zero-order valence-electron chi connectivity index (χ0n) is 18.6. The van der Waals surface area contributed by atoms with Gasteiger partial charge in [-0.1, -0.05) is 78.9 Å². The van der Waals surface area contributed by atoms with Crippen LogP contribution in [0.15, 0.2) is 78.9 Å². The van der Waals surface area contributed by atoms with Gasteiger partial charge in [0.15, 0.2) is 5.78 Å². The van der Waals surface area contributed by atoms with Crippen LogP contribution in [0.5, 0.6) is 0 Å². The molecule has 0 fully saturated rings. The van der Waals surface area contributed by atoms with Crippen molar-refractivity contribution < 1.29 is 19.1 Å². The Kier molecular flexibility index (Phi) is 6.54. The van der Waals surface area contributed by atoms with Gasteiger partial charge in [-0.05, 0) is 36.1 Å². The van der Waals surface area contributed by atoms with E-state index in [9.17, 15) is 14.4 Å². The van der Waals surface area contributed by atoms with E-state index in [2.05, 4.69) is 22.8 Å². The monoisotopic (exact) mass is 442 g/mol. The molecule has 1 aliphatic rings. The number of ether oxygens (including phenoxy) is 1. The molecule has 0 aromatic heterocycles. The van der Waals surface area contributed by atoms with Gasteiger partial charge < -0.3 is 15.4 Å². The van der Waals surface area contributed by atoms with Gasteiger partial charge in [-0.3, -0.25) is 9.59 Å². The second-order valence-corrected chi connectivity index (χ2v) is 8.15. The van der Waals surface area contributed by atoms with Gasteiger partial charge in [-0.15, -0.1) is 0 Å². The van der Waals surface area contributed by atoms with E-state index < -0.39 is 24.1 Å². The minimum Gasteiger partial charge on any atom is -0.449 e. The number of hydrogen-bond donors (Lipinski definition) is 2. The smallest absolute Gasteiger partial charge is 0.407 e. The van der Waals surface area contributed by atoms with E-state index in [-0.39, 0.29) is 18.3 Å². The van der Waals surface area contributed by atoms with Crippen LogP contribution < -0.4 is 10.6 Å². The van der Waals surface area contributed by atoms with E-state index in [1.807, 2.05) is 42.5 Å². The van der Waals surface area contributed by atoms with Crippen molar-refractivity contribution in [1.82, 2.24) is 10.6 Å². The zero-order valence-corrected chi connectivity index (χ0v) is 18.6. The van der Waals surface area contributed by atoms with Crippen LogP contribution >= 0.6 is 0 Å². The van der Waals surface area contributed by atoms with Crippen molar-refractivity contribution >= 4 is 17.8 Å². The lowest BCUT2D eigenvalue weighted by Gasteiger charge is -2.19. The predicted octanol–water partition coefficient (Wildman–Crippen LogP) is 4.30. The van der Waals surface area contributed by atoms with Gasteiger partial charge in [0.2, 0.25) is 5.91 Å². The van der Waals surface area contributed by atoms with Crippen LogP contribution in [-0.4, -0.2) is 36.5 Å².